The Morgan fingerprint density at radius 3 is 1.85 bits per heavy atom. The average molecular weight is 179 g/mol. The molecule has 13 heavy (non-hydrogen) atoms. The van der Waals surface area contributed by atoms with E-state index in [0.717, 1.165) is 24.6 Å². The van der Waals surface area contributed by atoms with Crippen molar-refractivity contribution >= 4 is 0 Å². The molecule has 0 bridgehead atoms. The van der Waals surface area contributed by atoms with E-state index in [1.807, 2.05) is 32.0 Å². The highest BCUT2D eigenvalue weighted by atomic mass is 16.5. The van der Waals surface area contributed by atoms with Crippen LogP contribution in [0, 0.1) is 13.8 Å². The van der Waals surface area contributed by atoms with Crippen molar-refractivity contribution in [1.82, 2.24) is 4.98 Å². The SMILES string of the molecule is C1CCOC1.Cc1cccc(C)n1. The van der Waals surface area contributed by atoms with Crippen LogP contribution in [0.4, 0.5) is 0 Å². The lowest BCUT2D eigenvalue weighted by atomic mass is 10.3. The topological polar surface area (TPSA) is 22.1 Å². The molecule has 0 unspecified atom stereocenters. The predicted octanol–water partition coefficient (Wildman–Crippen LogP) is 2.50. The van der Waals surface area contributed by atoms with E-state index in [4.69, 9.17) is 4.74 Å². The van der Waals surface area contributed by atoms with Crippen molar-refractivity contribution < 1.29 is 4.74 Å². The Morgan fingerprint density at radius 2 is 1.62 bits per heavy atom. The number of nitrogens with zero attached hydrogens (tertiary/aromatic N) is 1. The number of hydrogen-bond donors (Lipinski definition) is 0. The summed E-state index contributed by atoms with van der Waals surface area (Å²) >= 11 is 0. The summed E-state index contributed by atoms with van der Waals surface area (Å²) in [6.07, 6.45) is 2.56. The van der Waals surface area contributed by atoms with Crippen molar-refractivity contribution in [2.75, 3.05) is 13.2 Å². The number of rotatable bonds is 0. The zero-order valence-electron chi connectivity index (χ0n) is 8.42. The van der Waals surface area contributed by atoms with Gasteiger partial charge in [0.25, 0.3) is 0 Å². The zero-order valence-corrected chi connectivity index (χ0v) is 8.42. The van der Waals surface area contributed by atoms with Gasteiger partial charge in [-0.1, -0.05) is 6.07 Å². The van der Waals surface area contributed by atoms with E-state index >= 15 is 0 Å². The van der Waals surface area contributed by atoms with E-state index < -0.39 is 0 Å². The van der Waals surface area contributed by atoms with Gasteiger partial charge < -0.3 is 4.74 Å². The Balaban J connectivity index is 0.000000145. The smallest absolute Gasteiger partial charge is 0.0466 e. The fourth-order valence-electron chi connectivity index (χ4n) is 1.19. The highest BCUT2D eigenvalue weighted by molar-refractivity contribution is 5.07. The van der Waals surface area contributed by atoms with Crippen LogP contribution in [0.5, 0.6) is 0 Å². The largest absolute Gasteiger partial charge is 0.381 e. The molecule has 0 amide bonds. The van der Waals surface area contributed by atoms with Crippen LogP contribution in [0.2, 0.25) is 0 Å². The maximum absolute atomic E-state index is 4.94. The van der Waals surface area contributed by atoms with Gasteiger partial charge in [-0.05, 0) is 38.8 Å². The molecular formula is C11H17NO. The molecule has 2 rings (SSSR count). The Morgan fingerprint density at radius 1 is 1.08 bits per heavy atom. The minimum atomic E-state index is 1.00. The first kappa shape index (κ1) is 10.2. The molecule has 1 aromatic rings. The molecule has 1 aliphatic rings. The van der Waals surface area contributed by atoms with Gasteiger partial charge in [-0.2, -0.15) is 0 Å². The summed E-state index contributed by atoms with van der Waals surface area (Å²) < 4.78 is 4.94. The molecular weight excluding hydrogens is 162 g/mol. The summed E-state index contributed by atoms with van der Waals surface area (Å²) in [4.78, 5) is 4.17. The summed E-state index contributed by atoms with van der Waals surface area (Å²) in [6, 6.07) is 6.00. The minimum Gasteiger partial charge on any atom is -0.381 e. The normalized spacial score (nSPS) is 14.9. The predicted molar refractivity (Wildman–Crippen MR) is 53.8 cm³/mol. The van der Waals surface area contributed by atoms with Crippen LogP contribution >= 0.6 is 0 Å². The number of pyridine rings is 1. The molecule has 0 aliphatic carbocycles. The summed E-state index contributed by atoms with van der Waals surface area (Å²) in [5, 5.41) is 0. The summed E-state index contributed by atoms with van der Waals surface area (Å²) in [5.41, 5.74) is 2.18. The minimum absolute atomic E-state index is 1.00. The molecule has 0 atom stereocenters. The Hall–Kier alpha value is -0.890. The molecule has 2 nitrogen and oxygen atoms in total. The van der Waals surface area contributed by atoms with Crippen LogP contribution in [0.3, 0.4) is 0 Å². The molecule has 0 aromatic carbocycles. The molecule has 72 valence electrons. The van der Waals surface area contributed by atoms with Gasteiger partial charge in [-0.25, -0.2) is 0 Å². The summed E-state index contributed by atoms with van der Waals surface area (Å²) in [5.74, 6) is 0. The van der Waals surface area contributed by atoms with Gasteiger partial charge in [0.15, 0.2) is 0 Å². The van der Waals surface area contributed by atoms with Crippen LogP contribution in [0.25, 0.3) is 0 Å². The highest BCUT2D eigenvalue weighted by Gasteiger charge is 1.94. The van der Waals surface area contributed by atoms with Crippen LogP contribution < -0.4 is 0 Å². The molecule has 1 fully saturated rings. The van der Waals surface area contributed by atoms with Crippen LogP contribution in [0.1, 0.15) is 24.2 Å². The van der Waals surface area contributed by atoms with Crippen molar-refractivity contribution in [3.63, 3.8) is 0 Å². The summed E-state index contributed by atoms with van der Waals surface area (Å²) in [7, 11) is 0. The fraction of sp³-hybridized carbons (Fsp3) is 0.545. The molecule has 0 N–H and O–H groups in total. The maximum Gasteiger partial charge on any atom is 0.0466 e. The van der Waals surface area contributed by atoms with E-state index in [0.29, 0.717) is 0 Å². The molecule has 1 aliphatic heterocycles. The Kier molecular flexibility index (Phi) is 4.47. The van der Waals surface area contributed by atoms with Gasteiger partial charge in [-0.15, -0.1) is 0 Å². The third kappa shape index (κ3) is 4.63. The summed E-state index contributed by atoms with van der Waals surface area (Å²) in [6.45, 7) is 5.99. The lowest BCUT2D eigenvalue weighted by Crippen LogP contribution is -1.81. The zero-order chi connectivity index (χ0) is 9.52. The van der Waals surface area contributed by atoms with Crippen molar-refractivity contribution in [3.05, 3.63) is 29.6 Å². The quantitative estimate of drug-likeness (QED) is 0.610. The second-order valence-corrected chi connectivity index (χ2v) is 3.24. The van der Waals surface area contributed by atoms with Crippen molar-refractivity contribution in [2.24, 2.45) is 0 Å². The standard InChI is InChI=1S/C7H9N.C4H8O/c1-6-4-3-5-7(2)8-6;1-2-4-5-3-1/h3-5H,1-2H3;1-4H2. The number of aromatic nitrogens is 1. The maximum atomic E-state index is 4.94. The monoisotopic (exact) mass is 179 g/mol. The molecule has 2 heterocycles. The van der Waals surface area contributed by atoms with E-state index in [2.05, 4.69) is 4.98 Å². The van der Waals surface area contributed by atoms with Crippen LogP contribution in [-0.2, 0) is 4.74 Å². The lowest BCUT2D eigenvalue weighted by molar-refractivity contribution is 0.198. The van der Waals surface area contributed by atoms with Gasteiger partial charge in [0.05, 0.1) is 0 Å². The first-order valence-electron chi connectivity index (χ1n) is 4.77. The molecule has 0 saturated carbocycles. The van der Waals surface area contributed by atoms with Crippen molar-refractivity contribution in [1.29, 1.82) is 0 Å². The molecule has 2 heteroatoms. The van der Waals surface area contributed by atoms with Gasteiger partial charge in [0.2, 0.25) is 0 Å². The molecule has 1 aromatic heterocycles. The van der Waals surface area contributed by atoms with E-state index in [9.17, 15) is 0 Å². The Bertz CT molecular complexity index is 219. The first-order valence-corrected chi connectivity index (χ1v) is 4.77. The van der Waals surface area contributed by atoms with Gasteiger partial charge >= 0.3 is 0 Å². The van der Waals surface area contributed by atoms with E-state index in [1.165, 1.54) is 12.8 Å². The Labute approximate surface area is 80.0 Å². The molecule has 0 spiro atoms. The van der Waals surface area contributed by atoms with Gasteiger partial charge in [-0.3, -0.25) is 4.98 Å². The molecule has 1 saturated heterocycles. The van der Waals surface area contributed by atoms with Crippen LogP contribution in [0.15, 0.2) is 18.2 Å². The average Bonchev–Trinajstić information content (AvgIpc) is 2.59. The number of aryl methyl sites for hydroxylation is 2. The third-order valence-electron chi connectivity index (χ3n) is 1.85. The lowest BCUT2D eigenvalue weighted by Gasteiger charge is -1.90. The number of hydrogen-bond acceptors (Lipinski definition) is 2. The number of ether oxygens (including phenoxy) is 1. The van der Waals surface area contributed by atoms with Gasteiger partial charge in [0.1, 0.15) is 0 Å². The third-order valence-corrected chi connectivity index (χ3v) is 1.85. The van der Waals surface area contributed by atoms with Crippen molar-refractivity contribution in [3.8, 4) is 0 Å². The van der Waals surface area contributed by atoms with Crippen LogP contribution in [-0.4, -0.2) is 18.2 Å². The second kappa shape index (κ2) is 5.70. The van der Waals surface area contributed by atoms with E-state index in [-0.39, 0.29) is 0 Å². The van der Waals surface area contributed by atoms with E-state index in [1.54, 1.807) is 0 Å². The van der Waals surface area contributed by atoms with Gasteiger partial charge in [0, 0.05) is 24.6 Å². The first-order chi connectivity index (χ1) is 6.29. The second-order valence-electron chi connectivity index (χ2n) is 3.24. The fourth-order valence-corrected chi connectivity index (χ4v) is 1.19. The van der Waals surface area contributed by atoms with Crippen molar-refractivity contribution in [2.45, 2.75) is 26.7 Å². The highest BCUT2D eigenvalue weighted by Crippen LogP contribution is 1.98. The molecule has 0 radical (unpaired) electrons.